The summed E-state index contributed by atoms with van der Waals surface area (Å²) in [6.45, 7) is 0.507. The second-order valence-electron chi connectivity index (χ2n) is 7.00. The van der Waals surface area contributed by atoms with Gasteiger partial charge in [0.05, 0.1) is 6.04 Å². The van der Waals surface area contributed by atoms with Gasteiger partial charge in [0.15, 0.2) is 0 Å². The number of phenolic OH excluding ortho intramolecular Hbond substituents is 1. The van der Waals surface area contributed by atoms with Gasteiger partial charge in [0.25, 0.3) is 0 Å². The minimum Gasteiger partial charge on any atom is -0.508 e. The number of nitrogens with two attached hydrogens (primary N) is 2. The number of aliphatic carboxylic acids is 1. The normalized spacial score (nSPS) is 13.8. The van der Waals surface area contributed by atoms with Crippen LogP contribution in [0.15, 0.2) is 24.3 Å². The van der Waals surface area contributed by atoms with Gasteiger partial charge in [-0.1, -0.05) is 18.6 Å². The Bertz CT molecular complexity index is 686. The SMILES string of the molecule is CSCCC(NC(=O)C(Cc1ccc(O)cc1)NC(=O)C(N)CCCCN)C(=O)O. The fourth-order valence-corrected chi connectivity index (χ4v) is 3.23. The quantitative estimate of drug-likeness (QED) is 0.223. The molecule has 1 aromatic rings. The van der Waals surface area contributed by atoms with Crippen LogP contribution in [-0.4, -0.2) is 64.7 Å². The average Bonchev–Trinajstić information content (AvgIpc) is 2.71. The number of thioether (sulfide) groups is 1. The van der Waals surface area contributed by atoms with Crippen LogP contribution >= 0.6 is 11.8 Å². The van der Waals surface area contributed by atoms with Crippen LogP contribution in [0, 0.1) is 0 Å². The number of phenols is 1. The first-order chi connectivity index (χ1) is 14.3. The molecule has 0 aromatic heterocycles. The molecule has 0 saturated heterocycles. The van der Waals surface area contributed by atoms with Crippen LogP contribution in [0.25, 0.3) is 0 Å². The molecular formula is C20H32N4O5S. The van der Waals surface area contributed by atoms with Gasteiger partial charge in [0.1, 0.15) is 17.8 Å². The summed E-state index contributed by atoms with van der Waals surface area (Å²) in [6.07, 6.45) is 4.11. The van der Waals surface area contributed by atoms with E-state index < -0.39 is 35.9 Å². The van der Waals surface area contributed by atoms with E-state index in [1.54, 1.807) is 12.1 Å². The maximum atomic E-state index is 12.8. The lowest BCUT2D eigenvalue weighted by Gasteiger charge is -2.23. The predicted octanol–water partition coefficient (Wildman–Crippen LogP) is 0.198. The number of amides is 2. The number of rotatable bonds is 14. The van der Waals surface area contributed by atoms with E-state index in [0.717, 1.165) is 6.42 Å². The van der Waals surface area contributed by atoms with Crippen molar-refractivity contribution in [2.24, 2.45) is 11.5 Å². The smallest absolute Gasteiger partial charge is 0.326 e. The van der Waals surface area contributed by atoms with Crippen LogP contribution < -0.4 is 22.1 Å². The molecule has 9 nitrogen and oxygen atoms in total. The van der Waals surface area contributed by atoms with Crippen molar-refractivity contribution < 1.29 is 24.6 Å². The molecule has 0 heterocycles. The van der Waals surface area contributed by atoms with Crippen molar-refractivity contribution in [3.63, 3.8) is 0 Å². The van der Waals surface area contributed by atoms with E-state index in [2.05, 4.69) is 10.6 Å². The molecule has 0 radical (unpaired) electrons. The van der Waals surface area contributed by atoms with Crippen molar-refractivity contribution in [1.29, 1.82) is 0 Å². The first kappa shape index (κ1) is 25.7. The summed E-state index contributed by atoms with van der Waals surface area (Å²) in [7, 11) is 0. The molecule has 30 heavy (non-hydrogen) atoms. The molecule has 168 valence electrons. The van der Waals surface area contributed by atoms with Gasteiger partial charge in [-0.25, -0.2) is 4.79 Å². The van der Waals surface area contributed by atoms with E-state index in [1.807, 2.05) is 6.26 Å². The van der Waals surface area contributed by atoms with Crippen molar-refractivity contribution in [2.75, 3.05) is 18.6 Å². The van der Waals surface area contributed by atoms with Gasteiger partial charge in [-0.15, -0.1) is 0 Å². The number of hydrogen-bond donors (Lipinski definition) is 6. The number of nitrogens with one attached hydrogen (secondary N) is 2. The molecule has 2 amide bonds. The van der Waals surface area contributed by atoms with Gasteiger partial charge in [-0.2, -0.15) is 11.8 Å². The second kappa shape index (κ2) is 13.8. The Labute approximate surface area is 181 Å². The molecule has 0 aliphatic heterocycles. The Hall–Kier alpha value is -2.30. The monoisotopic (exact) mass is 440 g/mol. The molecule has 0 aliphatic rings. The van der Waals surface area contributed by atoms with Crippen LogP contribution in [0.4, 0.5) is 0 Å². The van der Waals surface area contributed by atoms with E-state index in [-0.39, 0.29) is 18.6 Å². The van der Waals surface area contributed by atoms with Gasteiger partial charge in [0.2, 0.25) is 11.8 Å². The Morgan fingerprint density at radius 3 is 2.23 bits per heavy atom. The van der Waals surface area contributed by atoms with Gasteiger partial charge >= 0.3 is 5.97 Å². The summed E-state index contributed by atoms with van der Waals surface area (Å²) in [5, 5.41) is 24.0. The first-order valence-electron chi connectivity index (χ1n) is 9.84. The average molecular weight is 441 g/mol. The molecule has 3 atom stereocenters. The summed E-state index contributed by atoms with van der Waals surface area (Å²) in [4.78, 5) is 36.8. The highest BCUT2D eigenvalue weighted by atomic mass is 32.2. The van der Waals surface area contributed by atoms with E-state index >= 15 is 0 Å². The third kappa shape index (κ3) is 9.47. The van der Waals surface area contributed by atoms with Crippen molar-refractivity contribution >= 4 is 29.5 Å². The minimum absolute atomic E-state index is 0.0775. The number of carboxylic acids is 1. The van der Waals surface area contributed by atoms with Crippen molar-refractivity contribution in [3.8, 4) is 5.75 Å². The highest BCUT2D eigenvalue weighted by Gasteiger charge is 2.28. The lowest BCUT2D eigenvalue weighted by atomic mass is 10.0. The molecule has 8 N–H and O–H groups in total. The third-order valence-corrected chi connectivity index (χ3v) is 5.18. The minimum atomic E-state index is -1.13. The van der Waals surface area contributed by atoms with Crippen LogP contribution in [0.3, 0.4) is 0 Å². The Balaban J connectivity index is 2.89. The van der Waals surface area contributed by atoms with E-state index in [4.69, 9.17) is 11.5 Å². The molecule has 0 spiro atoms. The highest BCUT2D eigenvalue weighted by molar-refractivity contribution is 7.98. The second-order valence-corrected chi connectivity index (χ2v) is 7.99. The van der Waals surface area contributed by atoms with Gasteiger partial charge in [-0.3, -0.25) is 9.59 Å². The van der Waals surface area contributed by atoms with Gasteiger partial charge in [0, 0.05) is 6.42 Å². The number of carboxylic acid groups (broad SMARTS) is 1. The predicted molar refractivity (Wildman–Crippen MR) is 117 cm³/mol. The molecule has 0 saturated carbocycles. The molecule has 3 unspecified atom stereocenters. The standard InChI is InChI=1S/C20H32N4O5S/c1-30-11-9-16(20(28)29)23-19(27)17(12-13-5-7-14(25)8-6-13)24-18(26)15(22)4-2-3-10-21/h5-8,15-17,25H,2-4,9-12,21-22H2,1H3,(H,23,27)(H,24,26)(H,28,29). The van der Waals surface area contributed by atoms with E-state index in [1.165, 1.54) is 23.9 Å². The maximum Gasteiger partial charge on any atom is 0.326 e. The summed E-state index contributed by atoms with van der Waals surface area (Å²) in [6, 6.07) is 3.36. The topological polar surface area (TPSA) is 168 Å². The summed E-state index contributed by atoms with van der Waals surface area (Å²) < 4.78 is 0. The molecule has 1 rings (SSSR count). The van der Waals surface area contributed by atoms with E-state index in [9.17, 15) is 24.6 Å². The Kier molecular flexibility index (Phi) is 11.9. The number of unbranched alkanes of at least 4 members (excludes halogenated alkanes) is 1. The zero-order valence-corrected chi connectivity index (χ0v) is 18.0. The fraction of sp³-hybridized carbons (Fsp3) is 0.550. The zero-order valence-electron chi connectivity index (χ0n) is 17.2. The highest BCUT2D eigenvalue weighted by Crippen LogP contribution is 2.12. The number of carbonyl (C=O) groups excluding carboxylic acids is 2. The summed E-state index contributed by atoms with van der Waals surface area (Å²) in [5.74, 6) is -1.57. The van der Waals surface area contributed by atoms with Crippen molar-refractivity contribution in [3.05, 3.63) is 29.8 Å². The molecule has 0 aliphatic carbocycles. The lowest BCUT2D eigenvalue weighted by molar-refractivity contribution is -0.142. The van der Waals surface area contributed by atoms with E-state index in [0.29, 0.717) is 30.7 Å². The zero-order chi connectivity index (χ0) is 22.5. The Morgan fingerprint density at radius 2 is 1.67 bits per heavy atom. The van der Waals surface area contributed by atoms with Crippen LogP contribution in [0.2, 0.25) is 0 Å². The number of aromatic hydroxyl groups is 1. The number of benzene rings is 1. The van der Waals surface area contributed by atoms with Crippen molar-refractivity contribution in [2.45, 2.75) is 50.2 Å². The van der Waals surface area contributed by atoms with Crippen LogP contribution in [0.5, 0.6) is 5.75 Å². The lowest BCUT2D eigenvalue weighted by Crippen LogP contribution is -2.55. The van der Waals surface area contributed by atoms with Crippen LogP contribution in [-0.2, 0) is 20.8 Å². The number of hydrogen-bond acceptors (Lipinski definition) is 7. The van der Waals surface area contributed by atoms with Gasteiger partial charge in [-0.05, 0) is 55.5 Å². The first-order valence-corrected chi connectivity index (χ1v) is 11.2. The third-order valence-electron chi connectivity index (χ3n) is 4.54. The molecule has 0 bridgehead atoms. The summed E-state index contributed by atoms with van der Waals surface area (Å²) >= 11 is 1.48. The largest absolute Gasteiger partial charge is 0.508 e. The Morgan fingerprint density at radius 1 is 1.03 bits per heavy atom. The molecular weight excluding hydrogens is 408 g/mol. The van der Waals surface area contributed by atoms with Crippen molar-refractivity contribution in [1.82, 2.24) is 10.6 Å². The molecule has 1 aromatic carbocycles. The maximum absolute atomic E-state index is 12.8. The van der Waals surface area contributed by atoms with Gasteiger partial charge < -0.3 is 32.3 Å². The fourth-order valence-electron chi connectivity index (χ4n) is 2.76. The molecule has 10 heteroatoms. The molecule has 0 fully saturated rings. The van der Waals surface area contributed by atoms with Crippen LogP contribution in [0.1, 0.15) is 31.2 Å². The summed E-state index contributed by atoms with van der Waals surface area (Å²) in [5.41, 5.74) is 12.1. The number of carbonyl (C=O) groups is 3.